The number of anilines is 1. The Kier molecular flexibility index (Phi) is 5.06. The summed E-state index contributed by atoms with van der Waals surface area (Å²) in [5.41, 5.74) is 6.39. The van der Waals surface area contributed by atoms with E-state index in [0.29, 0.717) is 22.9 Å². The number of nitrogen functional groups attached to an aromatic ring is 1. The average molecular weight is 349 g/mol. The number of benzene rings is 1. The van der Waals surface area contributed by atoms with Gasteiger partial charge in [-0.15, -0.1) is 0 Å². The smallest absolute Gasteiger partial charge is 0.257 e. The minimum absolute atomic E-state index is 0.0120. The molecule has 21 heavy (non-hydrogen) atoms. The van der Waals surface area contributed by atoms with Gasteiger partial charge in [0, 0.05) is 34.5 Å². The van der Waals surface area contributed by atoms with E-state index in [9.17, 15) is 13.2 Å². The lowest BCUT2D eigenvalue weighted by atomic mass is 10.1. The van der Waals surface area contributed by atoms with Gasteiger partial charge in [-0.05, 0) is 18.2 Å². The van der Waals surface area contributed by atoms with Crippen molar-refractivity contribution in [2.24, 2.45) is 0 Å². The number of nitrogens with zero attached hydrogens (tertiary/aromatic N) is 1. The second-order valence-electron chi connectivity index (χ2n) is 4.71. The summed E-state index contributed by atoms with van der Waals surface area (Å²) in [6, 6.07) is 4.61. The molecule has 0 radical (unpaired) electrons. The summed E-state index contributed by atoms with van der Waals surface area (Å²) in [7, 11) is -3.33. The van der Waals surface area contributed by atoms with Crippen molar-refractivity contribution >= 4 is 44.8 Å². The molecular formula is C13H17ClN2O3S2. The van der Waals surface area contributed by atoms with E-state index in [2.05, 4.69) is 0 Å². The van der Waals surface area contributed by atoms with Crippen LogP contribution in [-0.2, 0) is 9.84 Å². The molecule has 0 spiro atoms. The summed E-state index contributed by atoms with van der Waals surface area (Å²) in [6.45, 7) is 1.99. The number of carbonyl (C=O) groups is 1. The fraction of sp³-hybridized carbons (Fsp3) is 0.462. The molecular weight excluding hydrogens is 332 g/mol. The van der Waals surface area contributed by atoms with Crippen LogP contribution in [0.4, 0.5) is 5.69 Å². The van der Waals surface area contributed by atoms with Gasteiger partial charge in [0.25, 0.3) is 5.91 Å². The highest BCUT2D eigenvalue weighted by atomic mass is 35.5. The van der Waals surface area contributed by atoms with Gasteiger partial charge in [-0.25, -0.2) is 8.42 Å². The van der Waals surface area contributed by atoms with Crippen LogP contribution in [0.3, 0.4) is 0 Å². The maximum absolute atomic E-state index is 12.6. The lowest BCUT2D eigenvalue weighted by Crippen LogP contribution is -2.50. The molecule has 1 unspecified atom stereocenters. The van der Waals surface area contributed by atoms with Gasteiger partial charge in [-0.2, -0.15) is 11.8 Å². The van der Waals surface area contributed by atoms with Crippen molar-refractivity contribution in [2.45, 2.75) is 12.3 Å². The fourth-order valence-electron chi connectivity index (χ4n) is 2.19. The Hall–Kier alpha value is -0.920. The predicted molar refractivity (Wildman–Crippen MR) is 87.5 cm³/mol. The predicted octanol–water partition coefficient (Wildman–Crippen LogP) is 1.87. The second kappa shape index (κ2) is 6.46. The van der Waals surface area contributed by atoms with Crippen LogP contribution in [0, 0.1) is 0 Å². The fourth-order valence-corrected chi connectivity index (χ4v) is 5.33. The third kappa shape index (κ3) is 3.46. The first-order valence-electron chi connectivity index (χ1n) is 6.52. The molecule has 5 nitrogen and oxygen atoms in total. The Morgan fingerprint density at radius 2 is 2.24 bits per heavy atom. The molecule has 1 aliphatic heterocycles. The molecule has 0 saturated carbocycles. The first-order valence-corrected chi connectivity index (χ1v) is 9.77. The Morgan fingerprint density at radius 1 is 1.52 bits per heavy atom. The van der Waals surface area contributed by atoms with Crippen LogP contribution in [-0.4, -0.2) is 48.4 Å². The van der Waals surface area contributed by atoms with Crippen molar-refractivity contribution in [1.29, 1.82) is 0 Å². The Labute approximate surface area is 133 Å². The largest absolute Gasteiger partial charge is 0.398 e. The van der Waals surface area contributed by atoms with Gasteiger partial charge in [-0.1, -0.05) is 18.5 Å². The number of halogens is 1. The van der Waals surface area contributed by atoms with E-state index in [-0.39, 0.29) is 17.3 Å². The lowest BCUT2D eigenvalue weighted by Gasteiger charge is -2.35. The van der Waals surface area contributed by atoms with Crippen LogP contribution in [0.25, 0.3) is 0 Å². The van der Waals surface area contributed by atoms with E-state index in [4.69, 9.17) is 17.3 Å². The zero-order valence-electron chi connectivity index (χ0n) is 11.6. The first kappa shape index (κ1) is 16.5. The number of carbonyl (C=O) groups excluding carboxylic acids is 1. The van der Waals surface area contributed by atoms with E-state index >= 15 is 0 Å². The van der Waals surface area contributed by atoms with Crippen LogP contribution in [0.2, 0.25) is 5.02 Å². The van der Waals surface area contributed by atoms with Gasteiger partial charge >= 0.3 is 0 Å². The van der Waals surface area contributed by atoms with Crippen LogP contribution < -0.4 is 5.73 Å². The molecule has 1 aromatic rings. The number of rotatable bonds is 3. The van der Waals surface area contributed by atoms with Gasteiger partial charge in [-0.3, -0.25) is 4.79 Å². The summed E-state index contributed by atoms with van der Waals surface area (Å²) < 4.78 is 24.4. The number of amides is 1. The second-order valence-corrected chi connectivity index (χ2v) is 8.74. The van der Waals surface area contributed by atoms with E-state index in [1.54, 1.807) is 24.8 Å². The highest BCUT2D eigenvalue weighted by Crippen LogP contribution is 2.26. The third-order valence-corrected chi connectivity index (χ3v) is 6.93. The van der Waals surface area contributed by atoms with Crippen LogP contribution in [0.5, 0.6) is 0 Å². The highest BCUT2D eigenvalue weighted by Gasteiger charge is 2.36. The van der Waals surface area contributed by atoms with E-state index in [1.807, 2.05) is 0 Å². The Bertz CT molecular complexity index is 649. The topological polar surface area (TPSA) is 80.5 Å². The van der Waals surface area contributed by atoms with Crippen molar-refractivity contribution in [3.63, 3.8) is 0 Å². The van der Waals surface area contributed by atoms with Crippen molar-refractivity contribution in [3.05, 3.63) is 28.8 Å². The first-order chi connectivity index (χ1) is 9.86. The van der Waals surface area contributed by atoms with E-state index in [1.165, 1.54) is 17.0 Å². The van der Waals surface area contributed by atoms with Crippen LogP contribution in [0.15, 0.2) is 18.2 Å². The summed E-state index contributed by atoms with van der Waals surface area (Å²) >= 11 is 7.37. The minimum Gasteiger partial charge on any atom is -0.398 e. The summed E-state index contributed by atoms with van der Waals surface area (Å²) in [4.78, 5) is 14.0. The minimum atomic E-state index is -3.33. The SMILES string of the molecule is CCS(=O)(=O)C1CSCCN1C(=O)c1ccc(Cl)cc1N. The highest BCUT2D eigenvalue weighted by molar-refractivity contribution is 8.01. The molecule has 0 aromatic heterocycles. The summed E-state index contributed by atoms with van der Waals surface area (Å²) in [5, 5.41) is -0.347. The van der Waals surface area contributed by atoms with E-state index < -0.39 is 15.2 Å². The standard InChI is InChI=1S/C13H17ClN2O3S2/c1-2-21(18,19)12-8-20-6-5-16(12)13(17)10-4-3-9(14)7-11(10)15/h3-4,7,12H,2,5-6,8,15H2,1H3. The quantitative estimate of drug-likeness (QED) is 0.843. The number of sulfone groups is 1. The molecule has 1 aromatic carbocycles. The average Bonchev–Trinajstić information content (AvgIpc) is 2.46. The lowest BCUT2D eigenvalue weighted by molar-refractivity contribution is 0.0750. The number of thioether (sulfide) groups is 1. The van der Waals surface area contributed by atoms with Gasteiger partial charge in [0.1, 0.15) is 5.37 Å². The van der Waals surface area contributed by atoms with Crippen LogP contribution in [0.1, 0.15) is 17.3 Å². The molecule has 8 heteroatoms. The molecule has 2 rings (SSSR count). The van der Waals surface area contributed by atoms with Gasteiger partial charge < -0.3 is 10.6 Å². The van der Waals surface area contributed by atoms with Gasteiger partial charge in [0.2, 0.25) is 0 Å². The molecule has 1 heterocycles. The van der Waals surface area contributed by atoms with Gasteiger partial charge in [0.15, 0.2) is 9.84 Å². The third-order valence-electron chi connectivity index (χ3n) is 3.41. The molecule has 0 bridgehead atoms. The van der Waals surface area contributed by atoms with Gasteiger partial charge in [0.05, 0.1) is 5.56 Å². The molecule has 116 valence electrons. The molecule has 1 atom stereocenters. The Morgan fingerprint density at radius 3 is 2.86 bits per heavy atom. The molecule has 1 saturated heterocycles. The number of nitrogens with two attached hydrogens (primary N) is 1. The maximum atomic E-state index is 12.6. The number of hydrogen-bond donors (Lipinski definition) is 1. The van der Waals surface area contributed by atoms with Crippen molar-refractivity contribution in [2.75, 3.05) is 29.5 Å². The van der Waals surface area contributed by atoms with Crippen molar-refractivity contribution in [1.82, 2.24) is 4.90 Å². The van der Waals surface area contributed by atoms with Crippen molar-refractivity contribution < 1.29 is 13.2 Å². The molecule has 1 fully saturated rings. The maximum Gasteiger partial charge on any atom is 0.257 e. The molecule has 2 N–H and O–H groups in total. The van der Waals surface area contributed by atoms with E-state index in [0.717, 1.165) is 5.75 Å². The van der Waals surface area contributed by atoms with Crippen LogP contribution >= 0.6 is 23.4 Å². The summed E-state index contributed by atoms with van der Waals surface area (Å²) in [6.07, 6.45) is 0. The zero-order chi connectivity index (χ0) is 15.6. The van der Waals surface area contributed by atoms with Crippen molar-refractivity contribution in [3.8, 4) is 0 Å². The Balaban J connectivity index is 2.35. The molecule has 1 amide bonds. The molecule has 0 aliphatic carbocycles. The number of hydrogen-bond acceptors (Lipinski definition) is 5. The summed E-state index contributed by atoms with van der Waals surface area (Å²) in [5.74, 6) is 0.772. The monoisotopic (exact) mass is 348 g/mol. The molecule has 1 aliphatic rings. The normalized spacial score (nSPS) is 19.5. The zero-order valence-corrected chi connectivity index (χ0v) is 14.0.